The van der Waals surface area contributed by atoms with Crippen LogP contribution in [0.15, 0.2) is 29.6 Å². The smallest absolute Gasteiger partial charge is 0.179 e. The zero-order valence-electron chi connectivity index (χ0n) is 11.8. The molecule has 2 rings (SSSR count). The van der Waals surface area contributed by atoms with E-state index < -0.39 is 0 Å². The number of nitrogens with one attached hydrogen (secondary N) is 1. The van der Waals surface area contributed by atoms with Crippen LogP contribution in [0.2, 0.25) is 5.02 Å². The van der Waals surface area contributed by atoms with Gasteiger partial charge in [-0.15, -0.1) is 11.3 Å². The fourth-order valence-electron chi connectivity index (χ4n) is 1.98. The van der Waals surface area contributed by atoms with Crippen LogP contribution in [0, 0.1) is 0 Å². The van der Waals surface area contributed by atoms with Gasteiger partial charge in [0.2, 0.25) is 0 Å². The molecule has 1 aromatic carbocycles. The fraction of sp³-hybridized carbons (Fsp3) is 0.333. The van der Waals surface area contributed by atoms with Gasteiger partial charge in [-0.2, -0.15) is 0 Å². The molecule has 1 atom stereocenters. The summed E-state index contributed by atoms with van der Waals surface area (Å²) in [5.74, 6) is 1.23. The maximum Gasteiger partial charge on any atom is 0.179 e. The highest BCUT2D eigenvalue weighted by Gasteiger charge is 2.12. The SMILES string of the molecule is COc1cc(CNC(C)c2cccs2)cc(Cl)c1OC. The number of rotatable bonds is 6. The Hall–Kier alpha value is -1.23. The minimum atomic E-state index is 0.307. The van der Waals surface area contributed by atoms with E-state index in [0.717, 1.165) is 12.1 Å². The quantitative estimate of drug-likeness (QED) is 0.864. The standard InChI is InChI=1S/C15H18ClNO2S/c1-10(14-5-4-6-20-14)17-9-11-7-12(16)15(19-3)13(8-11)18-2/h4-8,10,17H,9H2,1-3H3. The lowest BCUT2D eigenvalue weighted by Crippen LogP contribution is -2.17. The summed E-state index contributed by atoms with van der Waals surface area (Å²) in [6.07, 6.45) is 0. The molecule has 0 amide bonds. The predicted octanol–water partition coefficient (Wildman–Crippen LogP) is 4.27. The van der Waals surface area contributed by atoms with E-state index in [2.05, 4.69) is 29.8 Å². The summed E-state index contributed by atoms with van der Waals surface area (Å²) in [4.78, 5) is 1.32. The maximum atomic E-state index is 6.20. The van der Waals surface area contributed by atoms with Gasteiger partial charge in [0.05, 0.1) is 19.2 Å². The van der Waals surface area contributed by atoms with Gasteiger partial charge in [-0.25, -0.2) is 0 Å². The van der Waals surface area contributed by atoms with Crippen LogP contribution in [-0.4, -0.2) is 14.2 Å². The second-order valence-electron chi connectivity index (χ2n) is 4.43. The van der Waals surface area contributed by atoms with Crippen molar-refractivity contribution in [2.24, 2.45) is 0 Å². The number of hydrogen-bond donors (Lipinski definition) is 1. The highest BCUT2D eigenvalue weighted by molar-refractivity contribution is 7.10. The molecule has 108 valence electrons. The molecule has 2 aromatic rings. The maximum absolute atomic E-state index is 6.20. The third-order valence-electron chi connectivity index (χ3n) is 3.08. The Morgan fingerprint density at radius 1 is 1.30 bits per heavy atom. The third kappa shape index (κ3) is 3.45. The van der Waals surface area contributed by atoms with Crippen molar-refractivity contribution >= 4 is 22.9 Å². The Morgan fingerprint density at radius 2 is 2.10 bits per heavy atom. The van der Waals surface area contributed by atoms with Gasteiger partial charge in [-0.05, 0) is 36.1 Å². The second kappa shape index (κ2) is 6.97. The van der Waals surface area contributed by atoms with Crippen molar-refractivity contribution < 1.29 is 9.47 Å². The molecule has 20 heavy (non-hydrogen) atoms. The van der Waals surface area contributed by atoms with Gasteiger partial charge in [0.15, 0.2) is 11.5 Å². The molecule has 1 unspecified atom stereocenters. The van der Waals surface area contributed by atoms with Gasteiger partial charge >= 0.3 is 0 Å². The van der Waals surface area contributed by atoms with Crippen LogP contribution in [0.25, 0.3) is 0 Å². The molecule has 3 nitrogen and oxygen atoms in total. The molecule has 0 saturated carbocycles. The number of benzene rings is 1. The van der Waals surface area contributed by atoms with Gasteiger partial charge in [0.25, 0.3) is 0 Å². The van der Waals surface area contributed by atoms with Crippen LogP contribution in [-0.2, 0) is 6.54 Å². The highest BCUT2D eigenvalue weighted by Crippen LogP contribution is 2.36. The topological polar surface area (TPSA) is 30.5 Å². The molecule has 0 bridgehead atoms. The molecular formula is C15H18ClNO2S. The first-order valence-corrected chi connectivity index (χ1v) is 7.58. The molecule has 1 N–H and O–H groups in total. The van der Waals surface area contributed by atoms with Crippen LogP contribution in [0.4, 0.5) is 0 Å². The first kappa shape index (κ1) is 15.2. The molecule has 1 heterocycles. The summed E-state index contributed by atoms with van der Waals surface area (Å²) in [5, 5.41) is 6.12. The Bertz CT molecular complexity index is 557. The number of halogens is 1. The van der Waals surface area contributed by atoms with Crippen molar-refractivity contribution in [1.82, 2.24) is 5.32 Å². The van der Waals surface area contributed by atoms with Crippen molar-refractivity contribution in [1.29, 1.82) is 0 Å². The largest absolute Gasteiger partial charge is 0.493 e. The molecule has 0 radical (unpaired) electrons. The zero-order chi connectivity index (χ0) is 14.5. The van der Waals surface area contributed by atoms with E-state index in [1.807, 2.05) is 12.1 Å². The predicted molar refractivity (Wildman–Crippen MR) is 84.1 cm³/mol. The van der Waals surface area contributed by atoms with E-state index in [1.165, 1.54) is 4.88 Å². The van der Waals surface area contributed by atoms with Crippen molar-refractivity contribution in [2.75, 3.05) is 14.2 Å². The average Bonchev–Trinajstić information content (AvgIpc) is 2.98. The number of thiophene rings is 1. The van der Waals surface area contributed by atoms with Crippen LogP contribution < -0.4 is 14.8 Å². The monoisotopic (exact) mass is 311 g/mol. The molecular weight excluding hydrogens is 294 g/mol. The van der Waals surface area contributed by atoms with E-state index in [0.29, 0.717) is 22.6 Å². The Labute approximate surface area is 128 Å². The van der Waals surface area contributed by atoms with Crippen LogP contribution in [0.5, 0.6) is 11.5 Å². The lowest BCUT2D eigenvalue weighted by Gasteiger charge is -2.15. The van der Waals surface area contributed by atoms with Gasteiger partial charge < -0.3 is 14.8 Å². The first-order valence-electron chi connectivity index (χ1n) is 6.33. The van der Waals surface area contributed by atoms with Gasteiger partial charge in [0.1, 0.15) is 0 Å². The van der Waals surface area contributed by atoms with Crippen LogP contribution in [0.3, 0.4) is 0 Å². The van der Waals surface area contributed by atoms with E-state index in [1.54, 1.807) is 25.6 Å². The molecule has 0 spiro atoms. The second-order valence-corrected chi connectivity index (χ2v) is 5.82. The molecule has 0 aliphatic rings. The minimum Gasteiger partial charge on any atom is -0.493 e. The Balaban J connectivity index is 2.08. The fourth-order valence-corrected chi connectivity index (χ4v) is 3.05. The van der Waals surface area contributed by atoms with Gasteiger partial charge in [-0.3, -0.25) is 0 Å². The summed E-state index contributed by atoms with van der Waals surface area (Å²) in [7, 11) is 3.19. The number of hydrogen-bond acceptors (Lipinski definition) is 4. The first-order chi connectivity index (χ1) is 9.65. The summed E-state index contributed by atoms with van der Waals surface area (Å²) >= 11 is 7.95. The van der Waals surface area contributed by atoms with Crippen LogP contribution in [0.1, 0.15) is 23.4 Å². The summed E-state index contributed by atoms with van der Waals surface area (Å²) in [6, 6.07) is 8.34. The lowest BCUT2D eigenvalue weighted by molar-refractivity contribution is 0.354. The van der Waals surface area contributed by atoms with E-state index in [9.17, 15) is 0 Å². The number of ether oxygens (including phenoxy) is 2. The van der Waals surface area contributed by atoms with Gasteiger partial charge in [0, 0.05) is 17.5 Å². The van der Waals surface area contributed by atoms with E-state index >= 15 is 0 Å². The van der Waals surface area contributed by atoms with Crippen molar-refractivity contribution in [2.45, 2.75) is 19.5 Å². The molecule has 5 heteroatoms. The minimum absolute atomic E-state index is 0.307. The average molecular weight is 312 g/mol. The zero-order valence-corrected chi connectivity index (χ0v) is 13.3. The Morgan fingerprint density at radius 3 is 2.70 bits per heavy atom. The molecule has 1 aromatic heterocycles. The number of methoxy groups -OCH3 is 2. The van der Waals surface area contributed by atoms with Crippen molar-refractivity contribution in [3.05, 3.63) is 45.1 Å². The van der Waals surface area contributed by atoms with Gasteiger partial charge in [-0.1, -0.05) is 17.7 Å². The summed E-state index contributed by atoms with van der Waals surface area (Å²) in [6.45, 7) is 2.87. The Kier molecular flexibility index (Phi) is 5.29. The molecule has 0 fully saturated rings. The molecule has 0 aliphatic heterocycles. The van der Waals surface area contributed by atoms with E-state index in [4.69, 9.17) is 21.1 Å². The normalized spacial score (nSPS) is 12.2. The van der Waals surface area contributed by atoms with Crippen molar-refractivity contribution in [3.8, 4) is 11.5 Å². The van der Waals surface area contributed by atoms with E-state index in [-0.39, 0.29) is 0 Å². The highest BCUT2D eigenvalue weighted by atomic mass is 35.5. The summed E-state index contributed by atoms with van der Waals surface area (Å²) < 4.78 is 10.5. The summed E-state index contributed by atoms with van der Waals surface area (Å²) in [5.41, 5.74) is 1.07. The lowest BCUT2D eigenvalue weighted by atomic mass is 10.1. The molecule has 0 saturated heterocycles. The molecule has 0 aliphatic carbocycles. The van der Waals surface area contributed by atoms with Crippen molar-refractivity contribution in [3.63, 3.8) is 0 Å². The third-order valence-corrected chi connectivity index (χ3v) is 4.41. The van der Waals surface area contributed by atoms with Crippen LogP contribution >= 0.6 is 22.9 Å².